The molecule has 0 aliphatic rings. The van der Waals surface area contributed by atoms with E-state index in [0.717, 1.165) is 4.90 Å². The Morgan fingerprint density at radius 3 is 2.67 bits per heavy atom. The van der Waals surface area contributed by atoms with E-state index < -0.39 is 5.97 Å². The number of hydrogen-bond acceptors (Lipinski definition) is 3. The number of hydrogen-bond donors (Lipinski definition) is 2. The smallest absolute Gasteiger partial charge is 0.323 e. The van der Waals surface area contributed by atoms with Crippen molar-refractivity contribution in [1.82, 2.24) is 10.2 Å². The van der Waals surface area contributed by atoms with Gasteiger partial charge in [0.15, 0.2) is 0 Å². The first-order valence-corrected chi connectivity index (χ1v) is 6.45. The van der Waals surface area contributed by atoms with Gasteiger partial charge in [0.05, 0.1) is 0 Å². The molecule has 0 unspecified atom stereocenters. The molecule has 2 N–H and O–H groups in total. The summed E-state index contributed by atoms with van der Waals surface area (Å²) in [6.07, 6.45) is 0. The molecule has 18 heavy (non-hydrogen) atoms. The highest BCUT2D eigenvalue weighted by atomic mass is 32.1. The van der Waals surface area contributed by atoms with Crippen molar-refractivity contribution < 1.29 is 14.7 Å². The number of nitrogens with one attached hydrogen (secondary N) is 1. The first-order valence-electron chi connectivity index (χ1n) is 5.57. The summed E-state index contributed by atoms with van der Waals surface area (Å²) in [6, 6.07) is 3.62. The van der Waals surface area contributed by atoms with Gasteiger partial charge in [-0.15, -0.1) is 11.3 Å². The van der Waals surface area contributed by atoms with E-state index in [1.54, 1.807) is 11.3 Å². The van der Waals surface area contributed by atoms with Gasteiger partial charge in [-0.25, -0.2) is 4.79 Å². The molecule has 1 aromatic heterocycles. The molecule has 1 aromatic rings. The number of nitrogens with zero attached hydrogens (tertiary/aromatic N) is 1. The first kappa shape index (κ1) is 14.5. The van der Waals surface area contributed by atoms with Crippen molar-refractivity contribution in [2.45, 2.75) is 19.3 Å². The predicted molar refractivity (Wildman–Crippen MR) is 71.0 cm³/mol. The van der Waals surface area contributed by atoms with Crippen molar-refractivity contribution in [2.24, 2.45) is 0 Å². The zero-order valence-corrected chi connectivity index (χ0v) is 11.6. The normalized spacial score (nSPS) is 11.1. The molecule has 0 saturated heterocycles. The molecular formula is C12H18N2O3S. The molecule has 0 spiro atoms. The average molecular weight is 270 g/mol. The van der Waals surface area contributed by atoms with Gasteiger partial charge in [0.25, 0.3) is 0 Å². The summed E-state index contributed by atoms with van der Waals surface area (Å²) in [5.41, 5.74) is -0.159. The number of likely N-dealkylation sites (N-methyl/N-ethyl adjacent to an activating group) is 1. The maximum Gasteiger partial charge on any atom is 0.323 e. The molecule has 0 radical (unpaired) electrons. The van der Waals surface area contributed by atoms with Crippen LogP contribution >= 0.6 is 11.3 Å². The molecular weight excluding hydrogens is 252 g/mol. The Labute approximate surface area is 110 Å². The maximum atomic E-state index is 11.6. The molecule has 0 fully saturated rings. The van der Waals surface area contributed by atoms with Crippen LogP contribution in [0, 0.1) is 0 Å². The summed E-state index contributed by atoms with van der Waals surface area (Å²) in [5, 5.41) is 13.3. The van der Waals surface area contributed by atoms with E-state index >= 15 is 0 Å². The Bertz CT molecular complexity index is 415. The lowest BCUT2D eigenvalue weighted by Gasteiger charge is -2.25. The highest BCUT2D eigenvalue weighted by Crippen LogP contribution is 2.26. The summed E-state index contributed by atoms with van der Waals surface area (Å²) >= 11 is 1.64. The highest BCUT2D eigenvalue weighted by Gasteiger charge is 2.23. The van der Waals surface area contributed by atoms with Crippen molar-refractivity contribution in [3.05, 3.63) is 22.4 Å². The predicted octanol–water partition coefficient (Wildman–Crippen LogP) is 1.75. The fraction of sp³-hybridized carbons (Fsp3) is 0.500. The lowest BCUT2D eigenvalue weighted by atomic mass is 9.91. The molecule has 5 nitrogen and oxygen atoms in total. The Morgan fingerprint density at radius 1 is 1.50 bits per heavy atom. The van der Waals surface area contributed by atoms with Crippen molar-refractivity contribution in [3.8, 4) is 0 Å². The number of carbonyl (C=O) groups is 2. The Balaban J connectivity index is 2.50. The summed E-state index contributed by atoms with van der Waals surface area (Å²) in [7, 11) is 1.46. The van der Waals surface area contributed by atoms with Gasteiger partial charge in [-0.05, 0) is 11.4 Å². The lowest BCUT2D eigenvalue weighted by Crippen LogP contribution is -2.44. The maximum absolute atomic E-state index is 11.6. The first-order chi connectivity index (χ1) is 8.33. The fourth-order valence-electron chi connectivity index (χ4n) is 1.46. The van der Waals surface area contributed by atoms with E-state index in [0.29, 0.717) is 6.54 Å². The van der Waals surface area contributed by atoms with Crippen molar-refractivity contribution >= 4 is 23.3 Å². The third-order valence-electron chi connectivity index (χ3n) is 2.59. The lowest BCUT2D eigenvalue weighted by molar-refractivity contribution is -0.137. The third-order valence-corrected chi connectivity index (χ3v) is 3.82. The number of carbonyl (C=O) groups excluding carboxylic acids is 1. The Morgan fingerprint density at radius 2 is 2.17 bits per heavy atom. The zero-order chi connectivity index (χ0) is 13.8. The van der Waals surface area contributed by atoms with E-state index in [1.807, 2.05) is 31.4 Å². The summed E-state index contributed by atoms with van der Waals surface area (Å²) < 4.78 is 0. The average Bonchev–Trinajstić information content (AvgIpc) is 2.78. The summed E-state index contributed by atoms with van der Waals surface area (Å²) in [4.78, 5) is 24.5. The van der Waals surface area contributed by atoms with Gasteiger partial charge in [0.2, 0.25) is 0 Å². The number of rotatable bonds is 5. The van der Waals surface area contributed by atoms with Gasteiger partial charge in [0.1, 0.15) is 6.54 Å². The van der Waals surface area contributed by atoms with Crippen LogP contribution in [0.1, 0.15) is 18.7 Å². The van der Waals surface area contributed by atoms with Gasteiger partial charge in [-0.1, -0.05) is 19.9 Å². The zero-order valence-electron chi connectivity index (χ0n) is 10.8. The topological polar surface area (TPSA) is 69.6 Å². The van der Waals surface area contributed by atoms with Crippen molar-refractivity contribution in [2.75, 3.05) is 20.1 Å². The minimum atomic E-state index is -1.02. The number of thiophene rings is 1. The van der Waals surface area contributed by atoms with Crippen LogP contribution in [0.15, 0.2) is 17.5 Å². The van der Waals surface area contributed by atoms with Gasteiger partial charge >= 0.3 is 12.0 Å². The Kier molecular flexibility index (Phi) is 4.72. The van der Waals surface area contributed by atoms with Gasteiger partial charge < -0.3 is 15.3 Å². The molecule has 0 aliphatic carbocycles. The minimum Gasteiger partial charge on any atom is -0.480 e. The summed E-state index contributed by atoms with van der Waals surface area (Å²) in [5.74, 6) is -1.02. The molecule has 0 bridgehead atoms. The third kappa shape index (κ3) is 4.03. The molecule has 100 valence electrons. The van der Waals surface area contributed by atoms with Gasteiger partial charge in [0, 0.05) is 23.9 Å². The van der Waals surface area contributed by atoms with Crippen LogP contribution in [-0.4, -0.2) is 42.1 Å². The van der Waals surface area contributed by atoms with Gasteiger partial charge in [-0.2, -0.15) is 0 Å². The molecule has 2 amide bonds. The molecule has 0 aliphatic heterocycles. The van der Waals surface area contributed by atoms with E-state index in [9.17, 15) is 9.59 Å². The number of aliphatic carboxylic acids is 1. The minimum absolute atomic E-state index is 0.159. The number of carboxylic acids is 1. The van der Waals surface area contributed by atoms with Crippen molar-refractivity contribution in [1.29, 1.82) is 0 Å². The van der Waals surface area contributed by atoms with Crippen LogP contribution in [0.3, 0.4) is 0 Å². The summed E-state index contributed by atoms with van der Waals surface area (Å²) in [6.45, 7) is 4.24. The number of carboxylic acid groups (broad SMARTS) is 1. The highest BCUT2D eigenvalue weighted by molar-refractivity contribution is 7.10. The van der Waals surface area contributed by atoms with Crippen LogP contribution in [-0.2, 0) is 10.2 Å². The molecule has 1 heterocycles. The SMILES string of the molecule is CN(CC(=O)O)C(=O)NCC(C)(C)c1cccs1. The Hall–Kier alpha value is -1.56. The molecule has 0 aromatic carbocycles. The van der Waals surface area contributed by atoms with E-state index in [4.69, 9.17) is 5.11 Å². The number of urea groups is 1. The second kappa shape index (κ2) is 5.86. The molecule has 0 saturated carbocycles. The van der Waals surface area contributed by atoms with Crippen LogP contribution in [0.5, 0.6) is 0 Å². The molecule has 1 rings (SSSR count). The fourth-order valence-corrected chi connectivity index (χ4v) is 2.31. The van der Waals surface area contributed by atoms with Crippen LogP contribution in [0.4, 0.5) is 4.79 Å². The van der Waals surface area contributed by atoms with Crippen LogP contribution < -0.4 is 5.32 Å². The van der Waals surface area contributed by atoms with Crippen LogP contribution in [0.25, 0.3) is 0 Å². The quantitative estimate of drug-likeness (QED) is 0.856. The van der Waals surface area contributed by atoms with E-state index in [-0.39, 0.29) is 18.0 Å². The second-order valence-electron chi connectivity index (χ2n) is 4.77. The van der Waals surface area contributed by atoms with Crippen LogP contribution in [0.2, 0.25) is 0 Å². The number of amides is 2. The van der Waals surface area contributed by atoms with Crippen molar-refractivity contribution in [3.63, 3.8) is 0 Å². The second-order valence-corrected chi connectivity index (χ2v) is 5.72. The van der Waals surface area contributed by atoms with E-state index in [2.05, 4.69) is 5.32 Å². The van der Waals surface area contributed by atoms with E-state index in [1.165, 1.54) is 11.9 Å². The molecule has 6 heteroatoms. The standard InChI is InChI=1S/C12H18N2O3S/c1-12(2,9-5-4-6-18-9)8-13-11(17)14(3)7-10(15)16/h4-6H,7-8H2,1-3H3,(H,13,17)(H,15,16). The largest absolute Gasteiger partial charge is 0.480 e. The monoisotopic (exact) mass is 270 g/mol. The molecule has 0 atom stereocenters. The van der Waals surface area contributed by atoms with Gasteiger partial charge in [-0.3, -0.25) is 4.79 Å².